The minimum atomic E-state index is -0.283. The maximum Gasteiger partial charge on any atom is 0.278 e. The van der Waals surface area contributed by atoms with Gasteiger partial charge >= 0.3 is 0 Å². The maximum absolute atomic E-state index is 13.7. The quantitative estimate of drug-likeness (QED) is 0.377. The molecule has 0 radical (unpaired) electrons. The number of rotatable bonds is 5. The van der Waals surface area contributed by atoms with Crippen LogP contribution < -0.4 is 20.3 Å². The number of carbonyl (C=O) groups excluding carboxylic acids is 1. The minimum absolute atomic E-state index is 0.0650. The molecule has 180 valence electrons. The molecule has 0 aliphatic carbocycles. The lowest BCUT2D eigenvalue weighted by molar-refractivity contribution is -0.116. The van der Waals surface area contributed by atoms with Gasteiger partial charge in [-0.15, -0.1) is 0 Å². The Kier molecular flexibility index (Phi) is 5.38. The molecular weight excluding hydrogens is 480 g/mol. The number of ether oxygens (including phenoxy) is 2. The highest BCUT2D eigenvalue weighted by molar-refractivity contribution is 6.31. The fraction of sp³-hybridized carbons (Fsp3) is 0.148. The number of hydrogen-bond donors (Lipinski definition) is 1. The van der Waals surface area contributed by atoms with E-state index in [4.69, 9.17) is 21.1 Å². The minimum Gasteiger partial charge on any atom is -0.454 e. The number of carbonyl (C=O) groups is 1. The van der Waals surface area contributed by atoms with Crippen molar-refractivity contribution >= 4 is 45.1 Å². The van der Waals surface area contributed by atoms with Gasteiger partial charge in [0.1, 0.15) is 17.6 Å². The smallest absolute Gasteiger partial charge is 0.278 e. The van der Waals surface area contributed by atoms with E-state index in [2.05, 4.69) is 10.3 Å². The fourth-order valence-corrected chi connectivity index (χ4v) is 4.72. The van der Waals surface area contributed by atoms with Gasteiger partial charge in [-0.1, -0.05) is 41.4 Å². The first-order chi connectivity index (χ1) is 17.5. The second-order valence-corrected chi connectivity index (χ2v) is 9.10. The van der Waals surface area contributed by atoms with Crippen LogP contribution in [0, 0.1) is 6.92 Å². The molecule has 0 spiro atoms. The Hall–Kier alpha value is -4.30. The van der Waals surface area contributed by atoms with Crippen molar-refractivity contribution in [2.24, 2.45) is 0 Å². The molecule has 3 heterocycles. The van der Waals surface area contributed by atoms with Gasteiger partial charge in [0.25, 0.3) is 5.56 Å². The van der Waals surface area contributed by atoms with E-state index in [1.165, 1.54) is 10.9 Å². The zero-order valence-corrected chi connectivity index (χ0v) is 20.1. The highest BCUT2D eigenvalue weighted by atomic mass is 35.5. The first-order valence-corrected chi connectivity index (χ1v) is 11.8. The van der Waals surface area contributed by atoms with Crippen LogP contribution in [-0.2, 0) is 17.9 Å². The number of nitrogens with zero attached hydrogens (tertiary/aromatic N) is 3. The van der Waals surface area contributed by atoms with Crippen LogP contribution in [-0.4, -0.2) is 26.8 Å². The lowest BCUT2D eigenvalue weighted by Gasteiger charge is -2.11. The molecule has 5 aromatic rings. The second kappa shape index (κ2) is 8.73. The second-order valence-electron chi connectivity index (χ2n) is 8.69. The molecule has 0 atom stereocenters. The molecule has 6 rings (SSSR count). The monoisotopic (exact) mass is 500 g/mol. The number of aryl methyl sites for hydroxylation is 1. The van der Waals surface area contributed by atoms with Gasteiger partial charge in [0, 0.05) is 22.2 Å². The van der Waals surface area contributed by atoms with Gasteiger partial charge in [0.2, 0.25) is 12.7 Å². The lowest BCUT2D eigenvalue weighted by atomic mass is 10.1. The molecule has 1 amide bonds. The van der Waals surface area contributed by atoms with Gasteiger partial charge < -0.3 is 19.4 Å². The Balaban J connectivity index is 1.41. The molecule has 0 bridgehead atoms. The SMILES string of the molecule is Cc1ccc2c(c1)c1ncn(Cc3ccccc3Cl)c(=O)c1n2CC(=O)Nc1ccc2c(c1)OCO2. The third kappa shape index (κ3) is 3.85. The van der Waals surface area contributed by atoms with Crippen LogP contribution in [0.15, 0.2) is 71.8 Å². The highest BCUT2D eigenvalue weighted by Gasteiger charge is 2.20. The van der Waals surface area contributed by atoms with Gasteiger partial charge in [0.05, 0.1) is 18.4 Å². The third-order valence-corrected chi connectivity index (χ3v) is 6.61. The summed E-state index contributed by atoms with van der Waals surface area (Å²) >= 11 is 6.33. The van der Waals surface area contributed by atoms with E-state index in [9.17, 15) is 9.59 Å². The summed E-state index contributed by atoms with van der Waals surface area (Å²) in [7, 11) is 0. The zero-order valence-electron chi connectivity index (χ0n) is 19.3. The summed E-state index contributed by atoms with van der Waals surface area (Å²) < 4.78 is 14.0. The van der Waals surface area contributed by atoms with Gasteiger partial charge in [-0.2, -0.15) is 0 Å². The number of anilines is 1. The molecule has 0 saturated carbocycles. The standard InChI is InChI=1S/C27H21ClN4O4/c1-16-6-8-21-19(10-16)25-26(27(34)31(14-29-25)12-17-4-2-3-5-20(17)28)32(21)13-24(33)30-18-7-9-22-23(11-18)36-15-35-22/h2-11,14H,12-13,15H2,1H3,(H,30,33). The van der Waals surface area contributed by atoms with Crippen LogP contribution in [0.25, 0.3) is 21.9 Å². The summed E-state index contributed by atoms with van der Waals surface area (Å²) in [4.78, 5) is 31.4. The van der Waals surface area contributed by atoms with E-state index in [0.29, 0.717) is 33.2 Å². The molecule has 0 unspecified atom stereocenters. The highest BCUT2D eigenvalue weighted by Crippen LogP contribution is 2.34. The largest absolute Gasteiger partial charge is 0.454 e. The Morgan fingerprint density at radius 3 is 2.78 bits per heavy atom. The van der Waals surface area contributed by atoms with Crippen molar-refractivity contribution in [3.63, 3.8) is 0 Å². The normalized spacial score (nSPS) is 12.4. The molecule has 0 saturated heterocycles. The average molecular weight is 501 g/mol. The number of benzene rings is 3. The first kappa shape index (κ1) is 22.2. The number of aromatic nitrogens is 3. The van der Waals surface area contributed by atoms with Crippen molar-refractivity contribution in [2.45, 2.75) is 20.0 Å². The molecular formula is C27H21ClN4O4. The van der Waals surface area contributed by atoms with E-state index >= 15 is 0 Å². The number of nitrogens with one attached hydrogen (secondary N) is 1. The Bertz CT molecular complexity index is 1720. The fourth-order valence-electron chi connectivity index (χ4n) is 4.52. The molecule has 1 aliphatic heterocycles. The van der Waals surface area contributed by atoms with Crippen molar-refractivity contribution < 1.29 is 14.3 Å². The van der Waals surface area contributed by atoms with Crippen molar-refractivity contribution in [1.82, 2.24) is 14.1 Å². The van der Waals surface area contributed by atoms with Crippen molar-refractivity contribution in [2.75, 3.05) is 12.1 Å². The van der Waals surface area contributed by atoms with E-state index in [-0.39, 0.29) is 31.3 Å². The van der Waals surface area contributed by atoms with Crippen LogP contribution >= 0.6 is 11.6 Å². The average Bonchev–Trinajstić information content (AvgIpc) is 3.44. The lowest BCUT2D eigenvalue weighted by Crippen LogP contribution is -2.25. The molecule has 2 aromatic heterocycles. The van der Waals surface area contributed by atoms with E-state index in [1.807, 2.05) is 43.3 Å². The molecule has 8 nitrogen and oxygen atoms in total. The van der Waals surface area contributed by atoms with Crippen LogP contribution in [0.5, 0.6) is 11.5 Å². The van der Waals surface area contributed by atoms with E-state index in [1.54, 1.807) is 28.8 Å². The van der Waals surface area contributed by atoms with Crippen LogP contribution in [0.4, 0.5) is 5.69 Å². The molecule has 1 aliphatic rings. The van der Waals surface area contributed by atoms with Crippen LogP contribution in [0.1, 0.15) is 11.1 Å². The molecule has 1 N–H and O–H groups in total. The van der Waals surface area contributed by atoms with Crippen LogP contribution in [0.2, 0.25) is 5.02 Å². The zero-order chi connectivity index (χ0) is 24.8. The Morgan fingerprint density at radius 2 is 1.92 bits per heavy atom. The summed E-state index contributed by atoms with van der Waals surface area (Å²) in [6, 6.07) is 18.4. The third-order valence-electron chi connectivity index (χ3n) is 6.24. The first-order valence-electron chi connectivity index (χ1n) is 11.4. The summed E-state index contributed by atoms with van der Waals surface area (Å²) in [5.74, 6) is 0.928. The van der Waals surface area contributed by atoms with Gasteiger partial charge in [-0.05, 0) is 42.8 Å². The summed E-state index contributed by atoms with van der Waals surface area (Å²) in [5.41, 5.74) is 3.86. The summed E-state index contributed by atoms with van der Waals surface area (Å²) in [6.45, 7) is 2.34. The predicted octanol–water partition coefficient (Wildman–Crippen LogP) is 4.73. The van der Waals surface area contributed by atoms with Gasteiger partial charge in [-0.3, -0.25) is 14.2 Å². The molecule has 9 heteroatoms. The molecule has 0 fully saturated rings. The summed E-state index contributed by atoms with van der Waals surface area (Å²) in [5, 5.41) is 4.29. The topological polar surface area (TPSA) is 87.4 Å². The van der Waals surface area contributed by atoms with Crippen molar-refractivity contribution in [3.8, 4) is 11.5 Å². The molecule has 36 heavy (non-hydrogen) atoms. The number of amides is 1. The maximum atomic E-state index is 13.7. The van der Waals surface area contributed by atoms with Gasteiger partial charge in [0.15, 0.2) is 11.5 Å². The van der Waals surface area contributed by atoms with Crippen molar-refractivity contribution in [1.29, 1.82) is 0 Å². The predicted molar refractivity (Wildman–Crippen MR) is 138 cm³/mol. The Morgan fingerprint density at radius 1 is 1.08 bits per heavy atom. The summed E-state index contributed by atoms with van der Waals surface area (Å²) in [6.07, 6.45) is 1.53. The van der Waals surface area contributed by atoms with E-state index < -0.39 is 0 Å². The number of hydrogen-bond acceptors (Lipinski definition) is 5. The molecule has 3 aromatic carbocycles. The number of fused-ring (bicyclic) bond motifs is 4. The Labute approximate surface area is 210 Å². The van der Waals surface area contributed by atoms with Crippen molar-refractivity contribution in [3.05, 3.63) is 93.5 Å². The van der Waals surface area contributed by atoms with Gasteiger partial charge in [-0.25, -0.2) is 4.98 Å². The van der Waals surface area contributed by atoms with E-state index in [0.717, 1.165) is 22.0 Å². The number of halogens is 1. The van der Waals surface area contributed by atoms with Crippen LogP contribution in [0.3, 0.4) is 0 Å².